The average Bonchev–Trinajstić information content (AvgIpc) is 3.46. The number of nitrogens with one attached hydrogen (secondary N) is 2. The van der Waals surface area contributed by atoms with E-state index in [1.807, 2.05) is 7.05 Å². The van der Waals surface area contributed by atoms with Gasteiger partial charge in [0, 0.05) is 63.3 Å². The normalized spacial score (nSPS) is 20.2. The number of nitrogens with zero attached hydrogens (tertiary/aromatic N) is 4. The van der Waals surface area contributed by atoms with E-state index in [1.54, 1.807) is 11.3 Å². The van der Waals surface area contributed by atoms with Crippen LogP contribution in [-0.4, -0.2) is 56.8 Å². The molecule has 0 radical (unpaired) electrons. The van der Waals surface area contributed by atoms with Crippen LogP contribution in [0.1, 0.15) is 31.4 Å². The quantitative estimate of drug-likeness (QED) is 0.564. The summed E-state index contributed by atoms with van der Waals surface area (Å²) < 4.78 is 0. The number of aliphatic imine (C=N–C) groups is 1. The number of guanidine groups is 1. The molecule has 156 valence electrons. The molecule has 0 saturated carbocycles. The first-order valence-corrected chi connectivity index (χ1v) is 11.7. The van der Waals surface area contributed by atoms with Crippen molar-refractivity contribution in [2.45, 2.75) is 38.1 Å². The summed E-state index contributed by atoms with van der Waals surface area (Å²) in [5, 5.41) is 10.5. The average molecular weight is 413 g/mol. The molecule has 2 saturated heterocycles. The van der Waals surface area contributed by atoms with Crippen molar-refractivity contribution in [1.82, 2.24) is 15.6 Å². The Bertz CT molecular complexity index is 784. The van der Waals surface area contributed by atoms with Gasteiger partial charge in [-0.2, -0.15) is 0 Å². The van der Waals surface area contributed by atoms with Crippen LogP contribution in [0.2, 0.25) is 0 Å². The molecule has 1 unspecified atom stereocenters. The smallest absolute Gasteiger partial charge is 0.191 e. The first kappa shape index (κ1) is 20.0. The lowest BCUT2D eigenvalue weighted by molar-refractivity contribution is 0.468. The maximum atomic E-state index is 4.81. The molecule has 4 rings (SSSR count). The first-order chi connectivity index (χ1) is 14.3. The number of piperidine rings is 1. The number of aromatic nitrogens is 1. The summed E-state index contributed by atoms with van der Waals surface area (Å²) in [4.78, 5) is 14.1. The van der Waals surface area contributed by atoms with Gasteiger partial charge >= 0.3 is 0 Å². The molecule has 1 atom stereocenters. The van der Waals surface area contributed by atoms with Crippen molar-refractivity contribution < 1.29 is 0 Å². The number of rotatable bonds is 6. The summed E-state index contributed by atoms with van der Waals surface area (Å²) in [7, 11) is 1.85. The van der Waals surface area contributed by atoms with Gasteiger partial charge in [-0.1, -0.05) is 18.2 Å². The van der Waals surface area contributed by atoms with Crippen LogP contribution in [0.15, 0.2) is 40.7 Å². The van der Waals surface area contributed by atoms with Gasteiger partial charge in [-0.3, -0.25) is 4.99 Å². The molecule has 2 aliphatic rings. The zero-order valence-electron chi connectivity index (χ0n) is 17.3. The highest BCUT2D eigenvalue weighted by Gasteiger charge is 2.21. The second kappa shape index (κ2) is 9.96. The molecule has 2 aromatic rings. The molecule has 6 nitrogen and oxygen atoms in total. The summed E-state index contributed by atoms with van der Waals surface area (Å²) >= 11 is 1.77. The van der Waals surface area contributed by atoms with Crippen LogP contribution in [0, 0.1) is 0 Å². The third-order valence-corrected chi connectivity index (χ3v) is 6.65. The summed E-state index contributed by atoms with van der Waals surface area (Å²) in [5.74, 6) is 0.889. The summed E-state index contributed by atoms with van der Waals surface area (Å²) in [6.07, 6.45) is 5.88. The molecule has 0 spiro atoms. The Morgan fingerprint density at radius 3 is 2.72 bits per heavy atom. The summed E-state index contributed by atoms with van der Waals surface area (Å²) in [6.45, 7) is 5.29. The Morgan fingerprint density at radius 2 is 1.93 bits per heavy atom. The summed E-state index contributed by atoms with van der Waals surface area (Å²) in [5.41, 5.74) is 2.48. The van der Waals surface area contributed by atoms with Gasteiger partial charge in [-0.25, -0.2) is 4.98 Å². The molecular weight excluding hydrogens is 380 g/mol. The molecule has 3 heterocycles. The lowest BCUT2D eigenvalue weighted by Crippen LogP contribution is -2.51. The first-order valence-electron chi connectivity index (χ1n) is 10.8. The SMILES string of the molecule is CN=C(NCCc1csc(N2CCCC2)n1)NC1CCCN(c2ccccc2)C1. The standard InChI is InChI=1S/C22H32N6S/c1-23-21(24-12-11-19-17-29-22(26-19)27-13-5-6-14-27)25-18-8-7-15-28(16-18)20-9-3-2-4-10-20/h2-4,9-10,17-18H,5-8,11-16H2,1H3,(H2,23,24,25). The Balaban J connectivity index is 1.23. The van der Waals surface area contributed by atoms with E-state index in [9.17, 15) is 0 Å². The van der Waals surface area contributed by atoms with Gasteiger partial charge in [0.15, 0.2) is 11.1 Å². The predicted octanol–water partition coefficient (Wildman–Crippen LogP) is 3.12. The Hall–Kier alpha value is -2.28. The van der Waals surface area contributed by atoms with Crippen molar-refractivity contribution in [3.8, 4) is 0 Å². The van der Waals surface area contributed by atoms with E-state index in [1.165, 1.54) is 42.2 Å². The van der Waals surface area contributed by atoms with Crippen LogP contribution in [0.4, 0.5) is 10.8 Å². The van der Waals surface area contributed by atoms with Crippen molar-refractivity contribution in [2.75, 3.05) is 49.6 Å². The van der Waals surface area contributed by atoms with E-state index >= 15 is 0 Å². The molecule has 7 heteroatoms. The minimum absolute atomic E-state index is 0.413. The van der Waals surface area contributed by atoms with Crippen LogP contribution in [0.25, 0.3) is 0 Å². The second-order valence-electron chi connectivity index (χ2n) is 7.83. The van der Waals surface area contributed by atoms with Gasteiger partial charge in [0.1, 0.15) is 0 Å². The largest absolute Gasteiger partial charge is 0.369 e. The van der Waals surface area contributed by atoms with Crippen LogP contribution >= 0.6 is 11.3 Å². The van der Waals surface area contributed by atoms with Crippen LogP contribution in [0.3, 0.4) is 0 Å². The van der Waals surface area contributed by atoms with Crippen molar-refractivity contribution in [3.05, 3.63) is 41.4 Å². The third kappa shape index (κ3) is 5.41. The third-order valence-electron chi connectivity index (χ3n) is 5.70. The zero-order chi connectivity index (χ0) is 19.9. The van der Waals surface area contributed by atoms with E-state index in [4.69, 9.17) is 4.98 Å². The maximum Gasteiger partial charge on any atom is 0.191 e. The molecular formula is C22H32N6S. The van der Waals surface area contributed by atoms with Crippen molar-refractivity contribution in [3.63, 3.8) is 0 Å². The topological polar surface area (TPSA) is 55.8 Å². The van der Waals surface area contributed by atoms with Gasteiger partial charge < -0.3 is 20.4 Å². The number of hydrogen-bond acceptors (Lipinski definition) is 5. The van der Waals surface area contributed by atoms with Gasteiger partial charge in [-0.15, -0.1) is 11.3 Å². The molecule has 2 aliphatic heterocycles. The highest BCUT2D eigenvalue weighted by molar-refractivity contribution is 7.13. The molecule has 0 amide bonds. The highest BCUT2D eigenvalue weighted by Crippen LogP contribution is 2.24. The van der Waals surface area contributed by atoms with Crippen LogP contribution < -0.4 is 20.4 Å². The Kier molecular flexibility index (Phi) is 6.87. The highest BCUT2D eigenvalue weighted by atomic mass is 32.1. The van der Waals surface area contributed by atoms with Crippen LogP contribution in [-0.2, 0) is 6.42 Å². The fraction of sp³-hybridized carbons (Fsp3) is 0.545. The molecule has 0 aliphatic carbocycles. The van der Waals surface area contributed by atoms with Gasteiger partial charge in [-0.05, 0) is 37.8 Å². The van der Waals surface area contributed by atoms with E-state index in [0.29, 0.717) is 6.04 Å². The molecule has 2 fully saturated rings. The van der Waals surface area contributed by atoms with E-state index < -0.39 is 0 Å². The Morgan fingerprint density at radius 1 is 1.14 bits per heavy atom. The van der Waals surface area contributed by atoms with Crippen molar-refractivity contribution in [2.24, 2.45) is 4.99 Å². The van der Waals surface area contributed by atoms with E-state index in [0.717, 1.165) is 45.1 Å². The van der Waals surface area contributed by atoms with Gasteiger partial charge in [0.25, 0.3) is 0 Å². The van der Waals surface area contributed by atoms with Crippen LogP contribution in [0.5, 0.6) is 0 Å². The second-order valence-corrected chi connectivity index (χ2v) is 8.67. The minimum atomic E-state index is 0.413. The molecule has 1 aromatic heterocycles. The fourth-order valence-corrected chi connectivity index (χ4v) is 5.04. The molecule has 29 heavy (non-hydrogen) atoms. The number of anilines is 2. The number of hydrogen-bond donors (Lipinski definition) is 2. The lowest BCUT2D eigenvalue weighted by Gasteiger charge is -2.35. The van der Waals surface area contributed by atoms with E-state index in [2.05, 4.69) is 61.1 Å². The Labute approximate surface area is 178 Å². The van der Waals surface area contributed by atoms with Gasteiger partial charge in [0.05, 0.1) is 5.69 Å². The number of thiazole rings is 1. The lowest BCUT2D eigenvalue weighted by atomic mass is 10.1. The predicted molar refractivity (Wildman–Crippen MR) is 123 cm³/mol. The number of para-hydroxylation sites is 1. The summed E-state index contributed by atoms with van der Waals surface area (Å²) in [6, 6.07) is 11.1. The van der Waals surface area contributed by atoms with Gasteiger partial charge in [0.2, 0.25) is 0 Å². The minimum Gasteiger partial charge on any atom is -0.369 e. The molecule has 1 aromatic carbocycles. The number of benzene rings is 1. The monoisotopic (exact) mass is 412 g/mol. The molecule has 2 N–H and O–H groups in total. The van der Waals surface area contributed by atoms with Crippen molar-refractivity contribution in [1.29, 1.82) is 0 Å². The fourth-order valence-electron chi connectivity index (χ4n) is 4.13. The molecule has 0 bridgehead atoms. The zero-order valence-corrected chi connectivity index (χ0v) is 18.1. The van der Waals surface area contributed by atoms with Crippen molar-refractivity contribution >= 4 is 28.1 Å². The van der Waals surface area contributed by atoms with E-state index in [-0.39, 0.29) is 0 Å². The maximum absolute atomic E-state index is 4.81.